The van der Waals surface area contributed by atoms with Crippen LogP contribution in [0.5, 0.6) is 0 Å². The molecule has 0 bridgehead atoms. The highest BCUT2D eigenvalue weighted by atomic mass is 35.5. The van der Waals surface area contributed by atoms with E-state index in [0.717, 1.165) is 0 Å². The Morgan fingerprint density at radius 2 is 2.11 bits per heavy atom. The van der Waals surface area contributed by atoms with Crippen LogP contribution >= 0.6 is 23.2 Å². The van der Waals surface area contributed by atoms with Crippen LogP contribution < -0.4 is 5.43 Å². The zero-order chi connectivity index (χ0) is 13.8. The molecule has 1 aromatic heterocycles. The summed E-state index contributed by atoms with van der Waals surface area (Å²) in [6, 6.07) is 8.21. The van der Waals surface area contributed by atoms with Gasteiger partial charge in [0, 0.05) is 15.6 Å². The smallest absolute Gasteiger partial charge is 0.307 e. The average Bonchev–Trinajstić information content (AvgIpc) is 2.92. The van der Waals surface area contributed by atoms with E-state index in [1.165, 1.54) is 6.26 Å². The van der Waals surface area contributed by atoms with E-state index in [2.05, 4.69) is 10.5 Å². The lowest BCUT2D eigenvalue weighted by Gasteiger charge is -2.04. The normalized spacial score (nSPS) is 11.4. The predicted octanol–water partition coefficient (Wildman–Crippen LogP) is 3.74. The maximum Gasteiger partial charge on any atom is 0.307 e. The molecular formula is C13H10Cl2N2O2. The number of nitrogens with zero attached hydrogens (tertiary/aromatic N) is 1. The number of halogens is 2. The fraction of sp³-hybridized carbons (Fsp3) is 0.0769. The fourth-order valence-corrected chi connectivity index (χ4v) is 1.86. The van der Waals surface area contributed by atoms with Gasteiger partial charge in [0.2, 0.25) is 0 Å². The van der Waals surface area contributed by atoms with Crippen molar-refractivity contribution in [2.24, 2.45) is 5.10 Å². The van der Waals surface area contributed by atoms with Crippen molar-refractivity contribution in [2.75, 3.05) is 0 Å². The molecule has 1 amide bonds. The number of hydrogen-bond acceptors (Lipinski definition) is 3. The van der Waals surface area contributed by atoms with Gasteiger partial charge < -0.3 is 4.42 Å². The molecule has 0 aliphatic heterocycles. The topological polar surface area (TPSA) is 54.6 Å². The van der Waals surface area contributed by atoms with Gasteiger partial charge in [0.25, 0.3) is 0 Å². The lowest BCUT2D eigenvalue weighted by molar-refractivity contribution is 0.0927. The second-order valence-corrected chi connectivity index (χ2v) is 4.58. The standard InChI is InChI=1S/C13H10Cl2N2O2/c1-8(10-7-9(14)4-5-11(10)15)16-17-13(18)12-3-2-6-19-12/h2-7H,1H3,(H,17,18)/b16-8+. The number of rotatable bonds is 3. The lowest BCUT2D eigenvalue weighted by Crippen LogP contribution is -2.18. The lowest BCUT2D eigenvalue weighted by atomic mass is 10.1. The van der Waals surface area contributed by atoms with Crippen molar-refractivity contribution < 1.29 is 9.21 Å². The van der Waals surface area contributed by atoms with Gasteiger partial charge in [-0.05, 0) is 37.3 Å². The summed E-state index contributed by atoms with van der Waals surface area (Å²) >= 11 is 11.9. The van der Waals surface area contributed by atoms with E-state index in [-0.39, 0.29) is 5.76 Å². The molecule has 98 valence electrons. The van der Waals surface area contributed by atoms with Crippen molar-refractivity contribution in [3.05, 3.63) is 58.0 Å². The van der Waals surface area contributed by atoms with E-state index in [9.17, 15) is 4.79 Å². The number of benzene rings is 1. The van der Waals surface area contributed by atoms with Crippen LogP contribution in [-0.2, 0) is 0 Å². The minimum absolute atomic E-state index is 0.189. The summed E-state index contributed by atoms with van der Waals surface area (Å²) in [4.78, 5) is 11.6. The first-order valence-electron chi connectivity index (χ1n) is 5.41. The van der Waals surface area contributed by atoms with Crippen molar-refractivity contribution in [3.8, 4) is 0 Å². The number of hydrazone groups is 1. The third-order valence-corrected chi connectivity index (χ3v) is 2.95. The molecule has 0 spiro atoms. The van der Waals surface area contributed by atoms with Crippen LogP contribution in [0, 0.1) is 0 Å². The Balaban J connectivity index is 2.15. The molecule has 1 aromatic carbocycles. The van der Waals surface area contributed by atoms with E-state index in [4.69, 9.17) is 27.6 Å². The molecule has 19 heavy (non-hydrogen) atoms. The van der Waals surface area contributed by atoms with E-state index in [1.807, 2.05) is 0 Å². The maximum absolute atomic E-state index is 11.6. The molecule has 0 radical (unpaired) electrons. The predicted molar refractivity (Wildman–Crippen MR) is 74.8 cm³/mol. The third-order valence-electron chi connectivity index (χ3n) is 2.39. The van der Waals surface area contributed by atoms with Gasteiger partial charge in [0.15, 0.2) is 5.76 Å². The Hall–Kier alpha value is -1.78. The van der Waals surface area contributed by atoms with Gasteiger partial charge in [-0.25, -0.2) is 5.43 Å². The summed E-state index contributed by atoms with van der Waals surface area (Å²) in [5.74, 6) is -0.240. The van der Waals surface area contributed by atoms with Gasteiger partial charge in [-0.1, -0.05) is 23.2 Å². The first kappa shape index (κ1) is 13.6. The number of nitrogens with one attached hydrogen (secondary N) is 1. The highest BCUT2D eigenvalue weighted by Crippen LogP contribution is 2.21. The maximum atomic E-state index is 11.6. The Morgan fingerprint density at radius 1 is 1.32 bits per heavy atom. The minimum Gasteiger partial charge on any atom is -0.459 e. The monoisotopic (exact) mass is 296 g/mol. The highest BCUT2D eigenvalue weighted by molar-refractivity contribution is 6.36. The summed E-state index contributed by atoms with van der Waals surface area (Å²) in [5, 5.41) is 5.03. The number of carbonyl (C=O) groups is 1. The number of carbonyl (C=O) groups excluding carboxylic acids is 1. The van der Waals surface area contributed by atoms with Crippen LogP contribution in [0.25, 0.3) is 0 Å². The SMILES string of the molecule is C/C(=N\NC(=O)c1ccco1)c1cc(Cl)ccc1Cl. The summed E-state index contributed by atoms with van der Waals surface area (Å²) in [7, 11) is 0. The zero-order valence-corrected chi connectivity index (χ0v) is 11.5. The van der Waals surface area contributed by atoms with Crippen molar-refractivity contribution in [3.63, 3.8) is 0 Å². The molecule has 0 aliphatic rings. The van der Waals surface area contributed by atoms with Gasteiger partial charge in [-0.15, -0.1) is 0 Å². The molecule has 0 unspecified atom stereocenters. The van der Waals surface area contributed by atoms with Crippen molar-refractivity contribution >= 4 is 34.8 Å². The van der Waals surface area contributed by atoms with Gasteiger partial charge in [0.05, 0.1) is 12.0 Å². The molecular weight excluding hydrogens is 287 g/mol. The van der Waals surface area contributed by atoms with Gasteiger partial charge in [-0.2, -0.15) is 5.10 Å². The summed E-state index contributed by atoms with van der Waals surface area (Å²) in [5.41, 5.74) is 3.59. The molecule has 1 heterocycles. The highest BCUT2D eigenvalue weighted by Gasteiger charge is 2.09. The van der Waals surface area contributed by atoms with Crippen LogP contribution in [0.2, 0.25) is 10.0 Å². The van der Waals surface area contributed by atoms with Crippen LogP contribution in [0.15, 0.2) is 46.1 Å². The number of amides is 1. The van der Waals surface area contributed by atoms with E-state index >= 15 is 0 Å². The quantitative estimate of drug-likeness (QED) is 0.693. The van der Waals surface area contributed by atoms with Gasteiger partial charge in [0.1, 0.15) is 0 Å². The summed E-state index contributed by atoms with van der Waals surface area (Å²) in [6.45, 7) is 1.72. The van der Waals surface area contributed by atoms with E-state index in [1.54, 1.807) is 37.3 Å². The van der Waals surface area contributed by atoms with Crippen molar-refractivity contribution in [1.82, 2.24) is 5.43 Å². The Labute approximate surface area is 120 Å². The van der Waals surface area contributed by atoms with Crippen LogP contribution in [-0.4, -0.2) is 11.6 Å². The molecule has 6 heteroatoms. The molecule has 1 N–H and O–H groups in total. The van der Waals surface area contributed by atoms with Crippen molar-refractivity contribution in [2.45, 2.75) is 6.92 Å². The minimum atomic E-state index is -0.428. The molecule has 0 saturated carbocycles. The van der Waals surface area contributed by atoms with Crippen LogP contribution in [0.3, 0.4) is 0 Å². The zero-order valence-electron chi connectivity index (χ0n) is 9.98. The largest absolute Gasteiger partial charge is 0.459 e. The molecule has 0 atom stereocenters. The summed E-state index contributed by atoms with van der Waals surface area (Å²) < 4.78 is 4.95. The Bertz CT molecular complexity index is 622. The van der Waals surface area contributed by atoms with Crippen LogP contribution in [0.1, 0.15) is 23.0 Å². The second kappa shape index (κ2) is 5.91. The van der Waals surface area contributed by atoms with Crippen LogP contribution in [0.4, 0.5) is 0 Å². The molecule has 0 fully saturated rings. The molecule has 2 rings (SSSR count). The Kier molecular flexibility index (Phi) is 4.24. The number of furan rings is 1. The molecule has 0 aliphatic carbocycles. The van der Waals surface area contributed by atoms with Crippen molar-refractivity contribution in [1.29, 1.82) is 0 Å². The molecule has 0 saturated heterocycles. The molecule has 4 nitrogen and oxygen atoms in total. The second-order valence-electron chi connectivity index (χ2n) is 3.74. The first-order valence-corrected chi connectivity index (χ1v) is 6.17. The van der Waals surface area contributed by atoms with Gasteiger partial charge >= 0.3 is 5.91 Å². The first-order chi connectivity index (χ1) is 9.08. The average molecular weight is 297 g/mol. The van der Waals surface area contributed by atoms with E-state index in [0.29, 0.717) is 21.3 Å². The Morgan fingerprint density at radius 3 is 2.79 bits per heavy atom. The fourth-order valence-electron chi connectivity index (χ4n) is 1.43. The summed E-state index contributed by atoms with van der Waals surface area (Å²) in [6.07, 6.45) is 1.42. The van der Waals surface area contributed by atoms with Gasteiger partial charge in [-0.3, -0.25) is 4.79 Å². The molecule has 2 aromatic rings. The van der Waals surface area contributed by atoms with E-state index < -0.39 is 5.91 Å². The third kappa shape index (κ3) is 3.36. The number of hydrogen-bond donors (Lipinski definition) is 1.